The first-order valence-corrected chi connectivity index (χ1v) is 6.39. The minimum atomic E-state index is 0.228. The standard InChI is InChI=1S/C13H10BrN3O2/c14-8-4-9(6-16-5-8)18-7-12-17-13-10(15)2-1-3-11(13)19-12/h1-6H,7,15H2. The summed E-state index contributed by atoms with van der Waals surface area (Å²) in [5.41, 5.74) is 7.73. The summed E-state index contributed by atoms with van der Waals surface area (Å²) in [5, 5.41) is 0. The molecule has 5 nitrogen and oxygen atoms in total. The van der Waals surface area contributed by atoms with Gasteiger partial charge in [0.1, 0.15) is 11.3 Å². The van der Waals surface area contributed by atoms with Crippen LogP contribution in [0.1, 0.15) is 5.89 Å². The van der Waals surface area contributed by atoms with Gasteiger partial charge in [0, 0.05) is 10.7 Å². The van der Waals surface area contributed by atoms with Crippen molar-refractivity contribution in [1.29, 1.82) is 0 Å². The topological polar surface area (TPSA) is 74.2 Å². The number of aromatic nitrogens is 2. The van der Waals surface area contributed by atoms with Gasteiger partial charge in [-0.2, -0.15) is 0 Å². The van der Waals surface area contributed by atoms with E-state index in [2.05, 4.69) is 25.9 Å². The number of hydrogen-bond donors (Lipinski definition) is 1. The molecule has 0 aliphatic heterocycles. The Labute approximate surface area is 117 Å². The van der Waals surface area contributed by atoms with E-state index in [4.69, 9.17) is 14.9 Å². The average Bonchev–Trinajstić information content (AvgIpc) is 2.81. The van der Waals surface area contributed by atoms with E-state index in [1.807, 2.05) is 18.2 Å². The van der Waals surface area contributed by atoms with E-state index in [-0.39, 0.29) is 6.61 Å². The number of ether oxygens (including phenoxy) is 1. The summed E-state index contributed by atoms with van der Waals surface area (Å²) in [6.45, 7) is 0.228. The molecule has 0 aliphatic rings. The first-order chi connectivity index (χ1) is 9.22. The molecule has 3 rings (SSSR count). The lowest BCUT2D eigenvalue weighted by atomic mass is 10.3. The molecule has 2 heterocycles. The number of pyridine rings is 1. The van der Waals surface area contributed by atoms with E-state index < -0.39 is 0 Å². The first kappa shape index (κ1) is 12.0. The van der Waals surface area contributed by atoms with Gasteiger partial charge in [0.15, 0.2) is 12.2 Å². The third kappa shape index (κ3) is 2.53. The fourth-order valence-corrected chi connectivity index (χ4v) is 2.04. The summed E-state index contributed by atoms with van der Waals surface area (Å²) in [4.78, 5) is 8.31. The largest absolute Gasteiger partial charge is 0.482 e. The Morgan fingerprint density at radius 2 is 2.21 bits per heavy atom. The fraction of sp³-hybridized carbons (Fsp3) is 0.0769. The van der Waals surface area contributed by atoms with Gasteiger partial charge >= 0.3 is 0 Å². The van der Waals surface area contributed by atoms with Crippen LogP contribution >= 0.6 is 15.9 Å². The number of rotatable bonds is 3. The highest BCUT2D eigenvalue weighted by Gasteiger charge is 2.08. The number of nitrogens with two attached hydrogens (primary N) is 1. The van der Waals surface area contributed by atoms with E-state index in [1.54, 1.807) is 18.5 Å². The van der Waals surface area contributed by atoms with Gasteiger partial charge in [-0.25, -0.2) is 4.98 Å². The number of hydrogen-bond acceptors (Lipinski definition) is 5. The molecule has 0 saturated carbocycles. The van der Waals surface area contributed by atoms with Crippen LogP contribution in [0.3, 0.4) is 0 Å². The average molecular weight is 320 g/mol. The Bertz CT molecular complexity index is 727. The molecule has 0 amide bonds. The second kappa shape index (κ2) is 4.89. The lowest BCUT2D eigenvalue weighted by Gasteiger charge is -2.02. The number of fused-ring (bicyclic) bond motifs is 1. The number of para-hydroxylation sites is 1. The van der Waals surface area contributed by atoms with Crippen LogP contribution in [-0.4, -0.2) is 9.97 Å². The van der Waals surface area contributed by atoms with Crippen molar-refractivity contribution in [3.05, 3.63) is 47.0 Å². The number of halogens is 1. The maximum atomic E-state index is 5.82. The zero-order valence-corrected chi connectivity index (χ0v) is 11.4. The summed E-state index contributed by atoms with van der Waals surface area (Å²) in [6.07, 6.45) is 3.31. The molecule has 0 unspecified atom stereocenters. The molecule has 0 saturated heterocycles. The predicted octanol–water partition coefficient (Wildman–Crippen LogP) is 3.15. The highest BCUT2D eigenvalue weighted by molar-refractivity contribution is 9.10. The summed E-state index contributed by atoms with van der Waals surface area (Å²) in [6, 6.07) is 7.26. The number of benzene rings is 1. The SMILES string of the molecule is Nc1cccc2oc(COc3cncc(Br)c3)nc12. The molecule has 0 radical (unpaired) electrons. The lowest BCUT2D eigenvalue weighted by molar-refractivity contribution is 0.266. The molecule has 19 heavy (non-hydrogen) atoms. The van der Waals surface area contributed by atoms with Gasteiger partial charge in [-0.15, -0.1) is 0 Å². The molecule has 0 aliphatic carbocycles. The summed E-state index contributed by atoms with van der Waals surface area (Å²) in [7, 11) is 0. The summed E-state index contributed by atoms with van der Waals surface area (Å²) in [5.74, 6) is 1.12. The third-order valence-electron chi connectivity index (χ3n) is 2.54. The van der Waals surface area contributed by atoms with E-state index in [0.717, 1.165) is 4.47 Å². The molecule has 0 spiro atoms. The van der Waals surface area contributed by atoms with Gasteiger partial charge in [-0.3, -0.25) is 4.98 Å². The van der Waals surface area contributed by atoms with Crippen LogP contribution in [0.4, 0.5) is 5.69 Å². The van der Waals surface area contributed by atoms with Crippen LogP contribution in [-0.2, 0) is 6.61 Å². The number of oxazole rings is 1. The molecular formula is C13H10BrN3O2. The van der Waals surface area contributed by atoms with Crippen molar-refractivity contribution in [3.63, 3.8) is 0 Å². The van der Waals surface area contributed by atoms with Crippen LogP contribution in [0.5, 0.6) is 5.75 Å². The van der Waals surface area contributed by atoms with E-state index in [9.17, 15) is 0 Å². The molecule has 0 atom stereocenters. The number of nitrogens with zero attached hydrogens (tertiary/aromatic N) is 2. The Morgan fingerprint density at radius 3 is 3.00 bits per heavy atom. The van der Waals surface area contributed by atoms with Gasteiger partial charge in [0.05, 0.1) is 11.9 Å². The minimum absolute atomic E-state index is 0.228. The van der Waals surface area contributed by atoms with E-state index >= 15 is 0 Å². The zero-order chi connectivity index (χ0) is 13.2. The fourth-order valence-electron chi connectivity index (χ4n) is 1.69. The molecule has 3 aromatic rings. The summed E-state index contributed by atoms with van der Waals surface area (Å²) >= 11 is 3.33. The van der Waals surface area contributed by atoms with Crippen LogP contribution in [0, 0.1) is 0 Å². The molecule has 96 valence electrons. The van der Waals surface area contributed by atoms with Crippen LogP contribution in [0.25, 0.3) is 11.1 Å². The van der Waals surface area contributed by atoms with Crippen molar-refractivity contribution in [2.24, 2.45) is 0 Å². The van der Waals surface area contributed by atoms with Crippen molar-refractivity contribution < 1.29 is 9.15 Å². The number of anilines is 1. The molecule has 0 fully saturated rings. The Hall–Kier alpha value is -2.08. The highest BCUT2D eigenvalue weighted by atomic mass is 79.9. The molecule has 1 aromatic carbocycles. The van der Waals surface area contributed by atoms with Gasteiger partial charge < -0.3 is 14.9 Å². The molecular weight excluding hydrogens is 310 g/mol. The summed E-state index contributed by atoms with van der Waals surface area (Å²) < 4.78 is 12.0. The Balaban J connectivity index is 1.80. The second-order valence-corrected chi connectivity index (χ2v) is 4.84. The van der Waals surface area contributed by atoms with Gasteiger partial charge in [0.25, 0.3) is 0 Å². The Morgan fingerprint density at radius 1 is 1.32 bits per heavy atom. The third-order valence-corrected chi connectivity index (χ3v) is 2.97. The van der Waals surface area contributed by atoms with Crippen LogP contribution in [0.15, 0.2) is 45.5 Å². The van der Waals surface area contributed by atoms with E-state index in [1.165, 1.54) is 0 Å². The van der Waals surface area contributed by atoms with Crippen LogP contribution in [0.2, 0.25) is 0 Å². The monoisotopic (exact) mass is 319 g/mol. The number of nitrogen functional groups attached to an aromatic ring is 1. The first-order valence-electron chi connectivity index (χ1n) is 5.59. The smallest absolute Gasteiger partial charge is 0.233 e. The van der Waals surface area contributed by atoms with Gasteiger partial charge in [-0.05, 0) is 34.1 Å². The van der Waals surface area contributed by atoms with Crippen molar-refractivity contribution in [3.8, 4) is 5.75 Å². The van der Waals surface area contributed by atoms with Crippen LogP contribution < -0.4 is 10.5 Å². The quantitative estimate of drug-likeness (QED) is 0.751. The molecule has 2 aromatic heterocycles. The van der Waals surface area contributed by atoms with Crippen molar-refractivity contribution in [2.75, 3.05) is 5.73 Å². The molecule has 2 N–H and O–H groups in total. The van der Waals surface area contributed by atoms with Gasteiger partial charge in [-0.1, -0.05) is 6.07 Å². The Kier molecular flexibility index (Phi) is 3.08. The van der Waals surface area contributed by atoms with Crippen molar-refractivity contribution >= 4 is 32.7 Å². The molecule has 6 heteroatoms. The zero-order valence-electron chi connectivity index (χ0n) is 9.84. The lowest BCUT2D eigenvalue weighted by Crippen LogP contribution is -1.96. The highest BCUT2D eigenvalue weighted by Crippen LogP contribution is 2.22. The van der Waals surface area contributed by atoms with E-state index in [0.29, 0.717) is 28.4 Å². The second-order valence-electron chi connectivity index (χ2n) is 3.93. The van der Waals surface area contributed by atoms with Gasteiger partial charge in [0.2, 0.25) is 5.89 Å². The molecule has 0 bridgehead atoms. The predicted molar refractivity (Wildman–Crippen MR) is 74.7 cm³/mol. The normalized spacial score (nSPS) is 10.8. The maximum Gasteiger partial charge on any atom is 0.233 e. The maximum absolute atomic E-state index is 5.82. The minimum Gasteiger partial charge on any atom is -0.482 e. The van der Waals surface area contributed by atoms with Crippen molar-refractivity contribution in [2.45, 2.75) is 6.61 Å². The van der Waals surface area contributed by atoms with Crippen molar-refractivity contribution in [1.82, 2.24) is 9.97 Å².